The number of ether oxygens (including phenoxy) is 1. The summed E-state index contributed by atoms with van der Waals surface area (Å²) < 4.78 is 5.55. The summed E-state index contributed by atoms with van der Waals surface area (Å²) in [4.78, 5) is 0. The molecular formula is C17H29NO. The molecule has 19 heavy (non-hydrogen) atoms. The van der Waals surface area contributed by atoms with Gasteiger partial charge in [-0.25, -0.2) is 0 Å². The predicted molar refractivity (Wildman–Crippen MR) is 82.3 cm³/mol. The Balaban J connectivity index is 2.28. The van der Waals surface area contributed by atoms with Crippen LogP contribution in [0, 0.1) is 5.92 Å². The summed E-state index contributed by atoms with van der Waals surface area (Å²) in [6, 6.07) is 11.2. The zero-order chi connectivity index (χ0) is 14.1. The lowest BCUT2D eigenvalue weighted by atomic mass is 9.96. The topological polar surface area (TPSA) is 21.3 Å². The highest BCUT2D eigenvalue weighted by Gasteiger charge is 2.13. The van der Waals surface area contributed by atoms with Crippen LogP contribution in [0.4, 0.5) is 0 Å². The molecule has 1 rings (SSSR count). The molecule has 0 fully saturated rings. The molecule has 1 atom stereocenters. The van der Waals surface area contributed by atoms with Crippen LogP contribution in [0.5, 0.6) is 0 Å². The third kappa shape index (κ3) is 6.74. The molecule has 2 nitrogen and oxygen atoms in total. The average Bonchev–Trinajstić information content (AvgIpc) is 2.38. The second-order valence-electron chi connectivity index (χ2n) is 5.71. The first-order chi connectivity index (χ1) is 9.11. The van der Waals surface area contributed by atoms with Crippen LogP contribution in [0.2, 0.25) is 0 Å². The van der Waals surface area contributed by atoms with Gasteiger partial charge in [-0.05, 0) is 44.7 Å². The van der Waals surface area contributed by atoms with E-state index >= 15 is 0 Å². The van der Waals surface area contributed by atoms with Gasteiger partial charge in [-0.1, -0.05) is 44.2 Å². The summed E-state index contributed by atoms with van der Waals surface area (Å²) in [6.45, 7) is 10.6. The van der Waals surface area contributed by atoms with E-state index in [-0.39, 0.29) is 0 Å². The van der Waals surface area contributed by atoms with Gasteiger partial charge in [0, 0.05) is 12.6 Å². The highest BCUT2D eigenvalue weighted by molar-refractivity contribution is 5.19. The van der Waals surface area contributed by atoms with Crippen molar-refractivity contribution in [2.45, 2.75) is 52.7 Å². The molecule has 1 unspecified atom stereocenters. The Hall–Kier alpha value is -0.860. The molecule has 0 saturated carbocycles. The van der Waals surface area contributed by atoms with Gasteiger partial charge in [0.25, 0.3) is 0 Å². The molecule has 0 radical (unpaired) electrons. The summed E-state index contributed by atoms with van der Waals surface area (Å²) in [5.41, 5.74) is 1.39. The zero-order valence-electron chi connectivity index (χ0n) is 12.9. The summed E-state index contributed by atoms with van der Waals surface area (Å²) >= 11 is 0. The largest absolute Gasteiger partial charge is 0.379 e. The van der Waals surface area contributed by atoms with Gasteiger partial charge in [0.1, 0.15) is 0 Å². The first-order valence-electron chi connectivity index (χ1n) is 7.51. The zero-order valence-corrected chi connectivity index (χ0v) is 12.9. The number of hydrogen-bond acceptors (Lipinski definition) is 2. The van der Waals surface area contributed by atoms with Crippen molar-refractivity contribution in [3.05, 3.63) is 35.9 Å². The Morgan fingerprint density at radius 3 is 2.26 bits per heavy atom. The molecule has 1 N–H and O–H groups in total. The van der Waals surface area contributed by atoms with E-state index in [0.29, 0.717) is 18.1 Å². The first-order valence-corrected chi connectivity index (χ1v) is 7.51. The maximum Gasteiger partial charge on any atom is 0.0518 e. The van der Waals surface area contributed by atoms with Crippen molar-refractivity contribution >= 4 is 0 Å². The minimum Gasteiger partial charge on any atom is -0.379 e. The first kappa shape index (κ1) is 16.2. The standard InChI is InChI=1S/C17H29NO/c1-14(2)17(16-10-6-5-7-11-16)18-12-8-9-13-19-15(3)4/h5-7,10-11,14-15,17-18H,8-9,12-13H2,1-4H3. The van der Waals surface area contributed by atoms with Crippen LogP contribution < -0.4 is 5.32 Å². The van der Waals surface area contributed by atoms with E-state index in [4.69, 9.17) is 4.74 Å². The van der Waals surface area contributed by atoms with Crippen LogP contribution in [0.25, 0.3) is 0 Å². The molecule has 0 heterocycles. The third-order valence-electron chi connectivity index (χ3n) is 3.21. The van der Waals surface area contributed by atoms with Crippen LogP contribution in [-0.2, 0) is 4.74 Å². The molecular weight excluding hydrogens is 234 g/mol. The molecule has 0 spiro atoms. The molecule has 0 amide bonds. The number of unbranched alkanes of at least 4 members (excludes halogenated alkanes) is 1. The van der Waals surface area contributed by atoms with Gasteiger partial charge in [-0.2, -0.15) is 0 Å². The van der Waals surface area contributed by atoms with Gasteiger partial charge < -0.3 is 10.1 Å². The number of hydrogen-bond donors (Lipinski definition) is 1. The van der Waals surface area contributed by atoms with Crippen LogP contribution >= 0.6 is 0 Å². The van der Waals surface area contributed by atoms with Gasteiger partial charge in [0.05, 0.1) is 6.10 Å². The van der Waals surface area contributed by atoms with E-state index < -0.39 is 0 Å². The lowest BCUT2D eigenvalue weighted by Crippen LogP contribution is -2.26. The Labute approximate surface area is 118 Å². The molecule has 0 aliphatic heterocycles. The van der Waals surface area contributed by atoms with Crippen LogP contribution in [0.1, 0.15) is 52.1 Å². The highest BCUT2D eigenvalue weighted by atomic mass is 16.5. The second-order valence-corrected chi connectivity index (χ2v) is 5.71. The Morgan fingerprint density at radius 1 is 1.00 bits per heavy atom. The maximum atomic E-state index is 5.55. The fourth-order valence-electron chi connectivity index (χ4n) is 2.20. The summed E-state index contributed by atoms with van der Waals surface area (Å²) in [6.07, 6.45) is 2.65. The summed E-state index contributed by atoms with van der Waals surface area (Å²) in [5.74, 6) is 0.606. The Kier molecular flexibility index (Phi) is 7.76. The van der Waals surface area contributed by atoms with Crippen molar-refractivity contribution in [1.29, 1.82) is 0 Å². The fourth-order valence-corrected chi connectivity index (χ4v) is 2.20. The van der Waals surface area contributed by atoms with Gasteiger partial charge >= 0.3 is 0 Å². The fraction of sp³-hybridized carbons (Fsp3) is 0.647. The summed E-state index contributed by atoms with van der Waals surface area (Å²) in [5, 5.41) is 3.67. The van der Waals surface area contributed by atoms with Crippen molar-refractivity contribution in [1.82, 2.24) is 5.32 Å². The van der Waals surface area contributed by atoms with E-state index in [1.54, 1.807) is 0 Å². The van der Waals surface area contributed by atoms with E-state index in [9.17, 15) is 0 Å². The van der Waals surface area contributed by atoms with E-state index in [0.717, 1.165) is 19.6 Å². The maximum absolute atomic E-state index is 5.55. The SMILES string of the molecule is CC(C)OCCCCNC(c1ccccc1)C(C)C. The third-order valence-corrected chi connectivity index (χ3v) is 3.21. The second kappa shape index (κ2) is 9.11. The molecule has 1 aromatic carbocycles. The lowest BCUT2D eigenvalue weighted by Gasteiger charge is -2.23. The van der Waals surface area contributed by atoms with Crippen molar-refractivity contribution in [3.63, 3.8) is 0 Å². The predicted octanol–water partition coefficient (Wildman–Crippen LogP) is 4.18. The molecule has 0 aromatic heterocycles. The Morgan fingerprint density at radius 2 is 1.68 bits per heavy atom. The minimum absolute atomic E-state index is 0.348. The monoisotopic (exact) mass is 263 g/mol. The summed E-state index contributed by atoms with van der Waals surface area (Å²) in [7, 11) is 0. The van der Waals surface area contributed by atoms with Gasteiger partial charge in [0.2, 0.25) is 0 Å². The molecule has 1 aromatic rings. The Bertz CT molecular complexity index is 321. The number of nitrogens with one attached hydrogen (secondary N) is 1. The molecule has 0 saturated heterocycles. The molecule has 0 aliphatic rings. The van der Waals surface area contributed by atoms with Crippen LogP contribution in [0.15, 0.2) is 30.3 Å². The van der Waals surface area contributed by atoms with Gasteiger partial charge in [-0.15, -0.1) is 0 Å². The molecule has 2 heteroatoms. The molecule has 0 aliphatic carbocycles. The van der Waals surface area contributed by atoms with Crippen molar-refractivity contribution in [2.75, 3.05) is 13.2 Å². The van der Waals surface area contributed by atoms with Crippen molar-refractivity contribution in [3.8, 4) is 0 Å². The normalized spacial score (nSPS) is 13.2. The smallest absolute Gasteiger partial charge is 0.0518 e. The van der Waals surface area contributed by atoms with Crippen LogP contribution in [-0.4, -0.2) is 19.3 Å². The average molecular weight is 263 g/mol. The lowest BCUT2D eigenvalue weighted by molar-refractivity contribution is 0.0759. The van der Waals surface area contributed by atoms with Crippen molar-refractivity contribution in [2.24, 2.45) is 5.92 Å². The number of rotatable bonds is 9. The number of benzene rings is 1. The molecule has 0 bridgehead atoms. The molecule has 108 valence electrons. The highest BCUT2D eigenvalue weighted by Crippen LogP contribution is 2.21. The van der Waals surface area contributed by atoms with Gasteiger partial charge in [-0.3, -0.25) is 0 Å². The quantitative estimate of drug-likeness (QED) is 0.675. The van der Waals surface area contributed by atoms with Crippen molar-refractivity contribution < 1.29 is 4.74 Å². The van der Waals surface area contributed by atoms with E-state index in [1.165, 1.54) is 12.0 Å². The van der Waals surface area contributed by atoms with Gasteiger partial charge in [0.15, 0.2) is 0 Å². The van der Waals surface area contributed by atoms with E-state index in [1.807, 2.05) is 0 Å². The minimum atomic E-state index is 0.348. The van der Waals surface area contributed by atoms with Crippen LogP contribution in [0.3, 0.4) is 0 Å². The van der Waals surface area contributed by atoms with E-state index in [2.05, 4.69) is 63.3 Å².